The van der Waals surface area contributed by atoms with Crippen LogP contribution in [-0.4, -0.2) is 52.7 Å². The first kappa shape index (κ1) is 28.1. The Balaban J connectivity index is 0.00000512. The molecule has 0 aliphatic carbocycles. The minimum atomic E-state index is -0.540. The van der Waals surface area contributed by atoms with Crippen molar-refractivity contribution in [1.82, 2.24) is 25.5 Å². The SMILES string of the molecule is CCc1cnc(CNC(=NC)NCCCN(Cc2cccnc2)C(=O)OC(C)(C)C)s1.I. The van der Waals surface area contributed by atoms with Gasteiger partial charge in [-0.05, 0) is 45.2 Å². The van der Waals surface area contributed by atoms with E-state index >= 15 is 0 Å². The highest BCUT2D eigenvalue weighted by Gasteiger charge is 2.22. The van der Waals surface area contributed by atoms with E-state index in [-0.39, 0.29) is 30.1 Å². The summed E-state index contributed by atoms with van der Waals surface area (Å²) < 4.78 is 5.57. The van der Waals surface area contributed by atoms with E-state index in [9.17, 15) is 4.79 Å². The maximum absolute atomic E-state index is 12.7. The summed E-state index contributed by atoms with van der Waals surface area (Å²) in [6, 6.07) is 3.82. The number of amides is 1. The fourth-order valence-electron chi connectivity index (χ4n) is 2.72. The number of aryl methyl sites for hydroxylation is 1. The monoisotopic (exact) mass is 574 g/mol. The molecule has 0 unspecified atom stereocenters. The Morgan fingerprint density at radius 2 is 2.06 bits per heavy atom. The van der Waals surface area contributed by atoms with Crippen molar-refractivity contribution in [2.24, 2.45) is 4.99 Å². The van der Waals surface area contributed by atoms with Gasteiger partial charge in [-0.1, -0.05) is 13.0 Å². The zero-order chi connectivity index (χ0) is 22.7. The van der Waals surface area contributed by atoms with E-state index in [1.807, 2.05) is 39.1 Å². The molecule has 0 saturated heterocycles. The minimum absolute atomic E-state index is 0. The third-order valence-electron chi connectivity index (χ3n) is 4.23. The summed E-state index contributed by atoms with van der Waals surface area (Å²) >= 11 is 1.71. The number of hydrogen-bond acceptors (Lipinski definition) is 6. The lowest BCUT2D eigenvalue weighted by Crippen LogP contribution is -2.40. The summed E-state index contributed by atoms with van der Waals surface area (Å²) in [5.74, 6) is 0.712. The molecule has 0 atom stereocenters. The van der Waals surface area contributed by atoms with Gasteiger partial charge >= 0.3 is 6.09 Å². The number of nitrogens with zero attached hydrogens (tertiary/aromatic N) is 4. The van der Waals surface area contributed by atoms with Crippen LogP contribution < -0.4 is 10.6 Å². The fraction of sp³-hybridized carbons (Fsp3) is 0.545. The Hall–Kier alpha value is -1.95. The highest BCUT2D eigenvalue weighted by Crippen LogP contribution is 2.13. The highest BCUT2D eigenvalue weighted by atomic mass is 127. The Morgan fingerprint density at radius 3 is 2.66 bits per heavy atom. The van der Waals surface area contributed by atoms with E-state index in [1.54, 1.807) is 35.7 Å². The van der Waals surface area contributed by atoms with Gasteiger partial charge in [0.2, 0.25) is 0 Å². The summed E-state index contributed by atoms with van der Waals surface area (Å²) in [5, 5.41) is 7.60. The quantitative estimate of drug-likeness (QED) is 0.202. The van der Waals surface area contributed by atoms with Crippen molar-refractivity contribution in [1.29, 1.82) is 0 Å². The number of thiazole rings is 1. The summed E-state index contributed by atoms with van der Waals surface area (Å²) in [5.41, 5.74) is 0.427. The number of rotatable bonds is 9. The second kappa shape index (κ2) is 14.2. The zero-order valence-electron chi connectivity index (χ0n) is 19.6. The topological polar surface area (TPSA) is 91.7 Å². The zero-order valence-corrected chi connectivity index (χ0v) is 22.7. The van der Waals surface area contributed by atoms with Gasteiger partial charge in [-0.15, -0.1) is 35.3 Å². The van der Waals surface area contributed by atoms with Gasteiger partial charge < -0.3 is 20.3 Å². The summed E-state index contributed by atoms with van der Waals surface area (Å²) in [6.07, 6.45) is 6.83. The first-order valence-electron chi connectivity index (χ1n) is 10.6. The van der Waals surface area contributed by atoms with Crippen molar-refractivity contribution < 1.29 is 9.53 Å². The number of pyridine rings is 1. The van der Waals surface area contributed by atoms with Gasteiger partial charge in [0.05, 0.1) is 13.1 Å². The molecule has 2 aromatic heterocycles. The van der Waals surface area contributed by atoms with Crippen molar-refractivity contribution in [2.45, 2.75) is 59.2 Å². The number of guanidine groups is 1. The van der Waals surface area contributed by atoms with Crippen molar-refractivity contribution in [3.63, 3.8) is 0 Å². The third-order valence-corrected chi connectivity index (χ3v) is 5.37. The lowest BCUT2D eigenvalue weighted by atomic mass is 10.2. The van der Waals surface area contributed by atoms with Crippen LogP contribution >= 0.6 is 35.3 Å². The molecule has 0 saturated carbocycles. The van der Waals surface area contributed by atoms with E-state index in [0.29, 0.717) is 32.1 Å². The average Bonchev–Trinajstić information content (AvgIpc) is 3.20. The molecule has 0 spiro atoms. The lowest BCUT2D eigenvalue weighted by molar-refractivity contribution is 0.0232. The molecule has 178 valence electrons. The number of nitrogens with one attached hydrogen (secondary N) is 2. The van der Waals surface area contributed by atoms with Crippen LogP contribution in [0.1, 0.15) is 49.6 Å². The molecule has 2 heterocycles. The van der Waals surface area contributed by atoms with E-state index in [2.05, 4.69) is 32.5 Å². The molecule has 10 heteroatoms. The van der Waals surface area contributed by atoms with Gasteiger partial charge in [-0.2, -0.15) is 0 Å². The molecule has 0 radical (unpaired) electrons. The number of halogens is 1. The first-order chi connectivity index (χ1) is 14.8. The maximum atomic E-state index is 12.7. The van der Waals surface area contributed by atoms with Crippen LogP contribution in [0.2, 0.25) is 0 Å². The minimum Gasteiger partial charge on any atom is -0.444 e. The molecular weight excluding hydrogens is 539 g/mol. The van der Waals surface area contributed by atoms with Gasteiger partial charge in [0.15, 0.2) is 5.96 Å². The number of carbonyl (C=O) groups excluding carboxylic acids is 1. The molecule has 0 bridgehead atoms. The van der Waals surface area contributed by atoms with Crippen LogP contribution in [0.3, 0.4) is 0 Å². The Labute approximate surface area is 212 Å². The molecule has 2 aromatic rings. The molecule has 0 fully saturated rings. The van der Waals surface area contributed by atoms with Crippen LogP contribution in [0.5, 0.6) is 0 Å². The molecule has 32 heavy (non-hydrogen) atoms. The van der Waals surface area contributed by atoms with Crippen molar-refractivity contribution in [2.75, 3.05) is 20.1 Å². The van der Waals surface area contributed by atoms with Crippen LogP contribution in [0.15, 0.2) is 35.7 Å². The molecule has 0 aliphatic heterocycles. The molecule has 0 aromatic carbocycles. The summed E-state index contributed by atoms with van der Waals surface area (Å²) in [6.45, 7) is 10.1. The van der Waals surface area contributed by atoms with Gasteiger partial charge in [-0.25, -0.2) is 9.78 Å². The van der Waals surface area contributed by atoms with Crippen molar-refractivity contribution >= 4 is 47.4 Å². The number of ether oxygens (including phenoxy) is 1. The molecule has 8 nitrogen and oxygen atoms in total. The molecular formula is C22H35IN6O2S. The van der Waals surface area contributed by atoms with E-state index in [4.69, 9.17) is 4.74 Å². The van der Waals surface area contributed by atoms with Gasteiger partial charge in [-0.3, -0.25) is 9.98 Å². The number of aromatic nitrogens is 2. The highest BCUT2D eigenvalue weighted by molar-refractivity contribution is 14.0. The van der Waals surface area contributed by atoms with Crippen LogP contribution in [0.25, 0.3) is 0 Å². The fourth-order valence-corrected chi connectivity index (χ4v) is 3.53. The normalized spacial score (nSPS) is 11.5. The predicted octanol–water partition coefficient (Wildman–Crippen LogP) is 4.21. The number of hydrogen-bond donors (Lipinski definition) is 2. The number of aliphatic imine (C=N–C) groups is 1. The number of carbonyl (C=O) groups is 1. The summed E-state index contributed by atoms with van der Waals surface area (Å²) in [4.78, 5) is 28.4. The molecule has 1 amide bonds. The molecule has 2 rings (SSSR count). The molecule has 2 N–H and O–H groups in total. The smallest absolute Gasteiger partial charge is 0.410 e. The standard InChI is InChI=1S/C22H34N6O2S.HI/c1-6-18-14-26-19(31-18)15-27-20(23-5)25-11-8-12-28(21(29)30-22(2,3)4)16-17-9-7-10-24-13-17;/h7,9-10,13-14H,6,8,11-12,15-16H2,1-5H3,(H2,23,25,27);1H. The van der Waals surface area contributed by atoms with Gasteiger partial charge in [0, 0.05) is 43.6 Å². The Morgan fingerprint density at radius 1 is 1.28 bits per heavy atom. The second-order valence-corrected chi connectivity index (χ2v) is 9.24. The lowest BCUT2D eigenvalue weighted by Gasteiger charge is -2.27. The third kappa shape index (κ3) is 10.6. The van der Waals surface area contributed by atoms with Crippen LogP contribution in [0, 0.1) is 0 Å². The van der Waals surface area contributed by atoms with Crippen molar-refractivity contribution in [3.8, 4) is 0 Å². The van der Waals surface area contributed by atoms with E-state index < -0.39 is 5.60 Å². The van der Waals surface area contributed by atoms with E-state index in [1.165, 1.54) is 4.88 Å². The first-order valence-corrected chi connectivity index (χ1v) is 11.4. The summed E-state index contributed by atoms with van der Waals surface area (Å²) in [7, 11) is 1.74. The predicted molar refractivity (Wildman–Crippen MR) is 141 cm³/mol. The van der Waals surface area contributed by atoms with Crippen LogP contribution in [0.4, 0.5) is 4.79 Å². The van der Waals surface area contributed by atoms with Gasteiger partial charge in [0.25, 0.3) is 0 Å². The largest absolute Gasteiger partial charge is 0.444 e. The molecule has 0 aliphatic rings. The van der Waals surface area contributed by atoms with Crippen molar-refractivity contribution in [3.05, 3.63) is 46.2 Å². The van der Waals surface area contributed by atoms with E-state index in [0.717, 1.165) is 23.4 Å². The Bertz CT molecular complexity index is 838. The average molecular weight is 575 g/mol. The Kier molecular flexibility index (Phi) is 12.5. The van der Waals surface area contributed by atoms with Gasteiger partial charge in [0.1, 0.15) is 10.6 Å². The van der Waals surface area contributed by atoms with Crippen LogP contribution in [-0.2, 0) is 24.2 Å². The maximum Gasteiger partial charge on any atom is 0.410 e. The second-order valence-electron chi connectivity index (χ2n) is 8.04.